The highest BCUT2D eigenvalue weighted by Gasteiger charge is 2.27. The van der Waals surface area contributed by atoms with Gasteiger partial charge in [0.2, 0.25) is 0 Å². The molecule has 154 valence electrons. The van der Waals surface area contributed by atoms with Crippen LogP contribution >= 0.6 is 23.2 Å². The number of urea groups is 1. The summed E-state index contributed by atoms with van der Waals surface area (Å²) in [6.45, 7) is 1.31. The van der Waals surface area contributed by atoms with Crippen molar-refractivity contribution in [3.8, 4) is 11.5 Å². The van der Waals surface area contributed by atoms with Crippen LogP contribution in [0, 0.1) is 10.1 Å². The van der Waals surface area contributed by atoms with Crippen molar-refractivity contribution >= 4 is 40.7 Å². The molecule has 1 atom stereocenters. The van der Waals surface area contributed by atoms with Crippen LogP contribution in [-0.4, -0.2) is 59.0 Å². The molecular formula is C18H19Cl2N5O4. The first kappa shape index (κ1) is 21.1. The van der Waals surface area contributed by atoms with Crippen LogP contribution in [0.2, 0.25) is 10.0 Å². The van der Waals surface area contributed by atoms with Gasteiger partial charge in [-0.05, 0) is 32.6 Å². The Kier molecular flexibility index (Phi) is 6.41. The van der Waals surface area contributed by atoms with Crippen LogP contribution in [0.25, 0.3) is 0 Å². The molecule has 2 heterocycles. The average molecular weight is 440 g/mol. The van der Waals surface area contributed by atoms with Crippen LogP contribution in [0.1, 0.15) is 6.42 Å². The summed E-state index contributed by atoms with van der Waals surface area (Å²) in [4.78, 5) is 30.7. The zero-order valence-electron chi connectivity index (χ0n) is 15.8. The molecule has 0 spiro atoms. The maximum atomic E-state index is 12.5. The van der Waals surface area contributed by atoms with Gasteiger partial charge in [0.1, 0.15) is 27.4 Å². The number of hydrogen-bond acceptors (Lipinski definition) is 6. The molecule has 3 rings (SSSR count). The van der Waals surface area contributed by atoms with Crippen LogP contribution in [0.15, 0.2) is 30.5 Å². The van der Waals surface area contributed by atoms with Crippen molar-refractivity contribution in [3.63, 3.8) is 0 Å². The van der Waals surface area contributed by atoms with E-state index in [1.807, 2.05) is 14.1 Å². The van der Waals surface area contributed by atoms with E-state index in [0.717, 1.165) is 6.42 Å². The van der Waals surface area contributed by atoms with Gasteiger partial charge < -0.3 is 14.5 Å². The summed E-state index contributed by atoms with van der Waals surface area (Å²) < 4.78 is 5.67. The molecule has 1 saturated heterocycles. The second kappa shape index (κ2) is 8.81. The topological polar surface area (TPSA) is 101 Å². The molecule has 1 aliphatic rings. The van der Waals surface area contributed by atoms with Gasteiger partial charge in [0.25, 0.3) is 5.69 Å². The number of benzene rings is 1. The fraction of sp³-hybridized carbons (Fsp3) is 0.333. The number of pyridine rings is 1. The van der Waals surface area contributed by atoms with E-state index in [2.05, 4.69) is 15.2 Å². The molecule has 1 aliphatic heterocycles. The van der Waals surface area contributed by atoms with Gasteiger partial charge in [-0.2, -0.15) is 0 Å². The number of amides is 2. The van der Waals surface area contributed by atoms with Gasteiger partial charge in [0.15, 0.2) is 0 Å². The molecule has 2 amide bonds. The molecule has 9 nitrogen and oxygen atoms in total. The lowest BCUT2D eigenvalue weighted by Crippen LogP contribution is -2.36. The minimum absolute atomic E-state index is 0.0740. The van der Waals surface area contributed by atoms with Gasteiger partial charge in [-0.3, -0.25) is 15.4 Å². The summed E-state index contributed by atoms with van der Waals surface area (Å²) in [6, 6.07) is 5.76. The molecule has 1 aromatic carbocycles. The zero-order valence-corrected chi connectivity index (χ0v) is 17.3. The maximum absolute atomic E-state index is 12.5. The number of hydrogen-bond donors (Lipinski definition) is 1. The van der Waals surface area contributed by atoms with Crippen molar-refractivity contribution in [2.75, 3.05) is 32.5 Å². The molecule has 2 aromatic rings. The number of nitrogens with zero attached hydrogens (tertiary/aromatic N) is 4. The van der Waals surface area contributed by atoms with Crippen molar-refractivity contribution < 1.29 is 14.5 Å². The van der Waals surface area contributed by atoms with E-state index in [1.54, 1.807) is 11.0 Å². The fourth-order valence-corrected chi connectivity index (χ4v) is 3.37. The van der Waals surface area contributed by atoms with Crippen molar-refractivity contribution in [1.29, 1.82) is 0 Å². The van der Waals surface area contributed by atoms with Crippen molar-refractivity contribution in [2.45, 2.75) is 12.5 Å². The third-order valence-corrected chi connectivity index (χ3v) is 5.45. The second-order valence-corrected chi connectivity index (χ2v) is 7.48. The van der Waals surface area contributed by atoms with Crippen LogP contribution in [0.3, 0.4) is 0 Å². The first-order valence-corrected chi connectivity index (χ1v) is 9.50. The number of carbonyl (C=O) groups is 1. The Balaban J connectivity index is 1.70. The first-order chi connectivity index (χ1) is 13.8. The number of nitro benzene ring substituents is 1. The number of ether oxygens (including phenoxy) is 1. The number of nitrogens with one attached hydrogen (secondary N) is 1. The van der Waals surface area contributed by atoms with Gasteiger partial charge in [-0.15, -0.1) is 0 Å². The largest absolute Gasteiger partial charge is 0.456 e. The van der Waals surface area contributed by atoms with Crippen LogP contribution < -0.4 is 10.1 Å². The maximum Gasteiger partial charge on any atom is 0.323 e. The van der Waals surface area contributed by atoms with Crippen molar-refractivity contribution in [3.05, 3.63) is 50.6 Å². The number of anilines is 1. The standard InChI is InChI=1S/C18H19Cl2N5O4/c1-23(2)11-6-8-24(10-11)18(26)22-15-9-12(5-7-21-15)29-14-4-3-13(25(27)28)16(19)17(14)20/h3-5,7,9,11H,6,8,10H2,1-2H3,(H,21,22,26)/t11-/m1/s1. The molecule has 0 unspecified atom stereocenters. The quantitative estimate of drug-likeness (QED) is 0.551. The van der Waals surface area contributed by atoms with Gasteiger partial charge >= 0.3 is 6.03 Å². The molecule has 1 fully saturated rings. The summed E-state index contributed by atoms with van der Waals surface area (Å²) >= 11 is 12.0. The molecule has 0 bridgehead atoms. The highest BCUT2D eigenvalue weighted by Crippen LogP contribution is 2.40. The Bertz CT molecular complexity index is 940. The van der Waals surface area contributed by atoms with E-state index in [9.17, 15) is 14.9 Å². The highest BCUT2D eigenvalue weighted by molar-refractivity contribution is 6.44. The minimum atomic E-state index is -0.628. The van der Waals surface area contributed by atoms with E-state index in [0.29, 0.717) is 30.7 Å². The monoisotopic (exact) mass is 439 g/mol. The van der Waals surface area contributed by atoms with Crippen LogP contribution in [0.4, 0.5) is 16.3 Å². The Hall–Kier alpha value is -2.62. The Morgan fingerprint density at radius 3 is 2.76 bits per heavy atom. The predicted octanol–water partition coefficient (Wildman–Crippen LogP) is 4.26. The van der Waals surface area contributed by atoms with E-state index >= 15 is 0 Å². The van der Waals surface area contributed by atoms with Gasteiger partial charge in [0.05, 0.1) is 4.92 Å². The zero-order chi connectivity index (χ0) is 21.1. The third-order valence-electron chi connectivity index (χ3n) is 4.60. The number of nitro groups is 1. The molecule has 0 aliphatic carbocycles. The van der Waals surface area contributed by atoms with Crippen molar-refractivity contribution in [1.82, 2.24) is 14.8 Å². The van der Waals surface area contributed by atoms with Crippen LogP contribution in [-0.2, 0) is 0 Å². The van der Waals surface area contributed by atoms with Crippen molar-refractivity contribution in [2.24, 2.45) is 0 Å². The summed E-state index contributed by atoms with van der Waals surface area (Å²) in [5, 5.41) is 13.4. The van der Waals surface area contributed by atoms with E-state index in [4.69, 9.17) is 27.9 Å². The Morgan fingerprint density at radius 2 is 2.10 bits per heavy atom. The number of likely N-dealkylation sites (N-methyl/N-ethyl adjacent to an activating group) is 1. The van der Waals surface area contributed by atoms with E-state index in [1.165, 1.54) is 24.4 Å². The Morgan fingerprint density at radius 1 is 1.34 bits per heavy atom. The normalized spacial score (nSPS) is 16.2. The third kappa shape index (κ3) is 4.87. The molecule has 0 saturated carbocycles. The van der Waals surface area contributed by atoms with Gasteiger partial charge in [-0.25, -0.2) is 9.78 Å². The highest BCUT2D eigenvalue weighted by atomic mass is 35.5. The van der Waals surface area contributed by atoms with E-state index < -0.39 is 4.92 Å². The summed E-state index contributed by atoms with van der Waals surface area (Å²) in [6.07, 6.45) is 2.38. The van der Waals surface area contributed by atoms with Crippen LogP contribution in [0.5, 0.6) is 11.5 Å². The van der Waals surface area contributed by atoms with E-state index in [-0.39, 0.29) is 27.5 Å². The summed E-state index contributed by atoms with van der Waals surface area (Å²) in [5.41, 5.74) is -0.312. The smallest absolute Gasteiger partial charge is 0.323 e. The summed E-state index contributed by atoms with van der Waals surface area (Å²) in [5.74, 6) is 0.804. The second-order valence-electron chi connectivity index (χ2n) is 6.73. The molecule has 11 heteroatoms. The fourth-order valence-electron chi connectivity index (χ4n) is 2.95. The lowest BCUT2D eigenvalue weighted by atomic mass is 10.2. The number of aromatic nitrogens is 1. The lowest BCUT2D eigenvalue weighted by molar-refractivity contribution is -0.384. The summed E-state index contributed by atoms with van der Waals surface area (Å²) in [7, 11) is 3.98. The molecule has 1 N–H and O–H groups in total. The molecule has 29 heavy (non-hydrogen) atoms. The van der Waals surface area contributed by atoms with Gasteiger partial charge in [-0.1, -0.05) is 23.2 Å². The number of rotatable bonds is 5. The minimum Gasteiger partial charge on any atom is -0.456 e. The lowest BCUT2D eigenvalue weighted by Gasteiger charge is -2.20. The first-order valence-electron chi connectivity index (χ1n) is 8.75. The molecular weight excluding hydrogens is 421 g/mol. The predicted molar refractivity (Wildman–Crippen MR) is 110 cm³/mol. The SMILES string of the molecule is CN(C)[C@@H]1CCN(C(=O)Nc2cc(Oc3ccc([N+](=O)[O-])c(Cl)c3Cl)ccn2)C1. The average Bonchev–Trinajstić information content (AvgIpc) is 3.16. The number of carbonyl (C=O) groups excluding carboxylic acids is 1. The number of likely N-dealkylation sites (tertiary alicyclic amines) is 1. The molecule has 1 aromatic heterocycles. The Labute approximate surface area is 177 Å². The molecule has 0 radical (unpaired) electrons. The number of halogens is 2. The van der Waals surface area contributed by atoms with Gasteiger partial charge in [0, 0.05) is 37.5 Å².